The lowest BCUT2D eigenvalue weighted by Crippen LogP contribution is -2.16. The monoisotopic (exact) mass is 383 g/mol. The molecule has 1 aromatic heterocycles. The lowest BCUT2D eigenvalue weighted by molar-refractivity contribution is 0.0696. The van der Waals surface area contributed by atoms with Gasteiger partial charge in [0.15, 0.2) is 11.5 Å². The van der Waals surface area contributed by atoms with Crippen LogP contribution in [0.5, 0.6) is 11.5 Å². The molecule has 0 radical (unpaired) electrons. The second kappa shape index (κ2) is 7.24. The van der Waals surface area contributed by atoms with Gasteiger partial charge in [-0.3, -0.25) is 9.40 Å². The fourth-order valence-corrected chi connectivity index (χ4v) is 4.20. The molecular weight excluding hydrogens is 362 g/mol. The van der Waals surface area contributed by atoms with E-state index < -0.39 is 16.0 Å². The maximum Gasteiger partial charge on any atom is 0.335 e. The van der Waals surface area contributed by atoms with Crippen molar-refractivity contribution in [3.8, 4) is 11.5 Å². The van der Waals surface area contributed by atoms with Crippen molar-refractivity contribution >= 4 is 21.7 Å². The molecule has 0 saturated carbocycles. The molecule has 9 nitrogen and oxygen atoms in total. The summed E-state index contributed by atoms with van der Waals surface area (Å²) in [5, 5.41) is 13.5. The topological polar surface area (TPSA) is 120 Å². The minimum atomic E-state index is -4.03. The molecule has 0 aliphatic heterocycles. The van der Waals surface area contributed by atoms with Crippen LogP contribution in [0.3, 0.4) is 0 Å². The summed E-state index contributed by atoms with van der Waals surface area (Å²) in [5.41, 5.74) is 0.653. The van der Waals surface area contributed by atoms with Crippen molar-refractivity contribution < 1.29 is 27.8 Å². The van der Waals surface area contributed by atoms with Crippen molar-refractivity contribution in [2.45, 2.75) is 32.2 Å². The summed E-state index contributed by atoms with van der Waals surface area (Å²) in [6, 6.07) is 2.43. The number of anilines is 1. The van der Waals surface area contributed by atoms with Crippen LogP contribution in [-0.4, -0.2) is 43.5 Å². The standard InChI is InChI=1S/C16H21N3O6S/c1-6-19-10(3)15(9(2)17-19)26(22,23)18-12-7-11(16(20)21)8-13(24-4)14(12)25-5/h7-8,18H,6H2,1-5H3,(H,20,21). The maximum absolute atomic E-state index is 12.9. The smallest absolute Gasteiger partial charge is 0.335 e. The number of carbonyl (C=O) groups is 1. The number of carboxylic acid groups (broad SMARTS) is 1. The van der Waals surface area contributed by atoms with Gasteiger partial charge in [0, 0.05) is 6.54 Å². The number of carboxylic acids is 1. The van der Waals surface area contributed by atoms with E-state index in [0.717, 1.165) is 0 Å². The normalized spacial score (nSPS) is 11.3. The van der Waals surface area contributed by atoms with Crippen molar-refractivity contribution in [1.82, 2.24) is 9.78 Å². The van der Waals surface area contributed by atoms with Gasteiger partial charge in [-0.05, 0) is 32.9 Å². The van der Waals surface area contributed by atoms with Crippen LogP contribution in [0.4, 0.5) is 5.69 Å². The second-order valence-corrected chi connectivity index (χ2v) is 7.10. The highest BCUT2D eigenvalue weighted by Gasteiger charge is 2.27. The summed E-state index contributed by atoms with van der Waals surface area (Å²) < 4.78 is 40.1. The van der Waals surface area contributed by atoms with Crippen LogP contribution >= 0.6 is 0 Å². The van der Waals surface area contributed by atoms with Gasteiger partial charge in [-0.15, -0.1) is 0 Å². The van der Waals surface area contributed by atoms with E-state index in [1.54, 1.807) is 18.5 Å². The first-order valence-corrected chi connectivity index (χ1v) is 9.20. The zero-order valence-corrected chi connectivity index (χ0v) is 16.0. The molecule has 10 heteroatoms. The minimum Gasteiger partial charge on any atom is -0.493 e. The first kappa shape index (κ1) is 19.6. The average Bonchev–Trinajstić information content (AvgIpc) is 2.87. The zero-order chi connectivity index (χ0) is 19.6. The van der Waals surface area contributed by atoms with E-state index in [4.69, 9.17) is 9.47 Å². The highest BCUT2D eigenvalue weighted by Crippen LogP contribution is 2.38. The van der Waals surface area contributed by atoms with E-state index in [9.17, 15) is 18.3 Å². The Labute approximate surface area is 151 Å². The number of aromatic carboxylic acids is 1. The summed E-state index contributed by atoms with van der Waals surface area (Å²) in [6.07, 6.45) is 0. The van der Waals surface area contributed by atoms with Crippen LogP contribution in [0.2, 0.25) is 0 Å². The fraction of sp³-hybridized carbons (Fsp3) is 0.375. The number of nitrogens with one attached hydrogen (secondary N) is 1. The lowest BCUT2D eigenvalue weighted by atomic mass is 10.1. The Bertz CT molecular complexity index is 949. The van der Waals surface area contributed by atoms with Crippen LogP contribution in [0.15, 0.2) is 17.0 Å². The number of hydrogen-bond acceptors (Lipinski definition) is 6. The molecule has 142 valence electrons. The molecule has 0 atom stereocenters. The van der Waals surface area contributed by atoms with Gasteiger partial charge in [0.05, 0.1) is 36.9 Å². The van der Waals surface area contributed by atoms with Crippen LogP contribution in [-0.2, 0) is 16.6 Å². The van der Waals surface area contributed by atoms with E-state index in [-0.39, 0.29) is 27.6 Å². The van der Waals surface area contributed by atoms with Crippen LogP contribution < -0.4 is 14.2 Å². The number of nitrogens with zero attached hydrogens (tertiary/aromatic N) is 2. The van der Waals surface area contributed by atoms with Gasteiger partial charge in [0.1, 0.15) is 4.90 Å². The summed E-state index contributed by atoms with van der Waals surface area (Å²) in [6.45, 7) is 5.63. The van der Waals surface area contributed by atoms with E-state index in [1.807, 2.05) is 6.92 Å². The number of sulfonamides is 1. The lowest BCUT2D eigenvalue weighted by Gasteiger charge is -2.16. The van der Waals surface area contributed by atoms with Crippen molar-refractivity contribution in [2.24, 2.45) is 0 Å². The van der Waals surface area contributed by atoms with Crippen molar-refractivity contribution in [3.63, 3.8) is 0 Å². The molecule has 2 rings (SSSR count). The highest BCUT2D eigenvalue weighted by atomic mass is 32.2. The third kappa shape index (κ3) is 3.45. The third-order valence-electron chi connectivity index (χ3n) is 3.85. The molecular formula is C16H21N3O6S. The summed E-state index contributed by atoms with van der Waals surface area (Å²) in [4.78, 5) is 11.4. The van der Waals surface area contributed by atoms with Crippen molar-refractivity contribution in [2.75, 3.05) is 18.9 Å². The number of aromatic nitrogens is 2. The second-order valence-electron chi connectivity index (χ2n) is 5.49. The first-order valence-electron chi connectivity index (χ1n) is 7.72. The highest BCUT2D eigenvalue weighted by molar-refractivity contribution is 7.92. The molecule has 0 bridgehead atoms. The molecule has 26 heavy (non-hydrogen) atoms. The van der Waals surface area contributed by atoms with Gasteiger partial charge >= 0.3 is 5.97 Å². The Morgan fingerprint density at radius 2 is 1.92 bits per heavy atom. The van der Waals surface area contributed by atoms with Crippen molar-refractivity contribution in [1.29, 1.82) is 0 Å². The number of methoxy groups -OCH3 is 2. The Morgan fingerprint density at radius 3 is 2.38 bits per heavy atom. The molecule has 0 aliphatic carbocycles. The quantitative estimate of drug-likeness (QED) is 0.750. The van der Waals surface area contributed by atoms with Crippen LogP contribution in [0.25, 0.3) is 0 Å². The molecule has 0 spiro atoms. The summed E-state index contributed by atoms with van der Waals surface area (Å²) >= 11 is 0. The SMILES string of the molecule is CCn1nc(C)c(S(=O)(=O)Nc2cc(C(=O)O)cc(OC)c2OC)c1C. The fourth-order valence-electron chi connectivity index (χ4n) is 2.74. The molecule has 2 N–H and O–H groups in total. The summed E-state index contributed by atoms with van der Waals surface area (Å²) in [7, 11) is -1.36. The van der Waals surface area contributed by atoms with Crippen LogP contribution in [0, 0.1) is 13.8 Å². The number of ether oxygens (including phenoxy) is 2. The molecule has 1 aromatic carbocycles. The molecule has 0 amide bonds. The van der Waals surface area contributed by atoms with Gasteiger partial charge in [-0.25, -0.2) is 13.2 Å². The first-order chi connectivity index (χ1) is 12.2. The van der Waals surface area contributed by atoms with E-state index in [0.29, 0.717) is 17.9 Å². The summed E-state index contributed by atoms with van der Waals surface area (Å²) in [5.74, 6) is -1.04. The van der Waals surface area contributed by atoms with Crippen LogP contribution in [0.1, 0.15) is 28.7 Å². The Morgan fingerprint density at radius 1 is 1.27 bits per heavy atom. The molecule has 0 saturated heterocycles. The minimum absolute atomic E-state index is 0.0349. The van der Waals surface area contributed by atoms with Crippen molar-refractivity contribution in [3.05, 3.63) is 29.1 Å². The number of aryl methyl sites for hydroxylation is 2. The Hall–Kier alpha value is -2.75. The van der Waals surface area contributed by atoms with E-state index in [2.05, 4.69) is 9.82 Å². The van der Waals surface area contributed by atoms with E-state index in [1.165, 1.54) is 26.4 Å². The molecule has 1 heterocycles. The predicted octanol–water partition coefficient (Wildman–Crippen LogP) is 2.04. The average molecular weight is 383 g/mol. The number of benzene rings is 1. The zero-order valence-electron chi connectivity index (χ0n) is 15.2. The Balaban J connectivity index is 2.61. The van der Waals surface area contributed by atoms with Gasteiger partial charge in [-0.1, -0.05) is 0 Å². The van der Waals surface area contributed by atoms with E-state index >= 15 is 0 Å². The Kier molecular flexibility index (Phi) is 5.45. The predicted molar refractivity (Wildman–Crippen MR) is 94.7 cm³/mol. The van der Waals surface area contributed by atoms with Gasteiger partial charge in [0.2, 0.25) is 0 Å². The molecule has 0 fully saturated rings. The molecule has 0 unspecified atom stereocenters. The maximum atomic E-state index is 12.9. The molecule has 0 aliphatic rings. The molecule has 2 aromatic rings. The van der Waals surface area contributed by atoms with Gasteiger partial charge in [-0.2, -0.15) is 5.10 Å². The van der Waals surface area contributed by atoms with Gasteiger partial charge < -0.3 is 14.6 Å². The third-order valence-corrected chi connectivity index (χ3v) is 5.47. The van der Waals surface area contributed by atoms with Gasteiger partial charge in [0.25, 0.3) is 10.0 Å². The number of hydrogen-bond donors (Lipinski definition) is 2. The number of rotatable bonds is 7. The largest absolute Gasteiger partial charge is 0.493 e.